The van der Waals surface area contributed by atoms with Crippen LogP contribution in [0.5, 0.6) is 0 Å². The van der Waals surface area contributed by atoms with E-state index in [1.807, 2.05) is 24.3 Å². The molecule has 0 aliphatic rings. The lowest BCUT2D eigenvalue weighted by atomic mass is 10.1. The van der Waals surface area contributed by atoms with Crippen molar-refractivity contribution in [2.75, 3.05) is 26.0 Å². The summed E-state index contributed by atoms with van der Waals surface area (Å²) >= 11 is 0. The summed E-state index contributed by atoms with van der Waals surface area (Å²) in [5.41, 5.74) is 0. The molecule has 0 aliphatic carbocycles. The highest BCUT2D eigenvalue weighted by Crippen LogP contribution is 2.20. The van der Waals surface area contributed by atoms with Crippen LogP contribution in [0.3, 0.4) is 0 Å². The van der Waals surface area contributed by atoms with Gasteiger partial charge in [-0.2, -0.15) is 0 Å². The SMILES string of the molecule is COCCCNC(=O)CCS(=O)(=O)c1ccc2ccccc2c1. The maximum absolute atomic E-state index is 12.4. The van der Waals surface area contributed by atoms with E-state index in [1.165, 1.54) is 0 Å². The first kappa shape index (κ1) is 17.4. The number of hydrogen-bond donors (Lipinski definition) is 1. The van der Waals surface area contributed by atoms with Gasteiger partial charge in [-0.1, -0.05) is 30.3 Å². The average molecular weight is 335 g/mol. The Hall–Kier alpha value is -1.92. The van der Waals surface area contributed by atoms with Gasteiger partial charge in [0.25, 0.3) is 0 Å². The maximum atomic E-state index is 12.4. The fraction of sp³-hybridized carbons (Fsp3) is 0.353. The van der Waals surface area contributed by atoms with Gasteiger partial charge < -0.3 is 10.1 Å². The standard InChI is InChI=1S/C17H21NO4S/c1-22-11-4-10-18-17(19)9-12-23(20,21)16-8-7-14-5-2-3-6-15(14)13-16/h2-3,5-8,13H,4,9-12H2,1H3,(H,18,19). The Bertz CT molecular complexity index is 771. The zero-order chi connectivity index (χ0) is 16.7. The van der Waals surface area contributed by atoms with Crippen molar-refractivity contribution in [3.05, 3.63) is 42.5 Å². The van der Waals surface area contributed by atoms with Gasteiger partial charge in [-0.15, -0.1) is 0 Å². The van der Waals surface area contributed by atoms with Crippen LogP contribution in [0.15, 0.2) is 47.4 Å². The van der Waals surface area contributed by atoms with Crippen molar-refractivity contribution in [3.63, 3.8) is 0 Å². The molecule has 124 valence electrons. The van der Waals surface area contributed by atoms with Crippen LogP contribution in [-0.2, 0) is 19.4 Å². The highest BCUT2D eigenvalue weighted by molar-refractivity contribution is 7.91. The quantitative estimate of drug-likeness (QED) is 0.750. The van der Waals surface area contributed by atoms with Gasteiger partial charge in [0, 0.05) is 26.7 Å². The molecule has 23 heavy (non-hydrogen) atoms. The average Bonchev–Trinajstić information content (AvgIpc) is 2.56. The van der Waals surface area contributed by atoms with Crippen LogP contribution >= 0.6 is 0 Å². The first-order valence-electron chi connectivity index (χ1n) is 7.50. The molecular formula is C17H21NO4S. The molecule has 1 N–H and O–H groups in total. The second-order valence-corrected chi connectivity index (χ2v) is 7.38. The number of ether oxygens (including phenoxy) is 1. The third-order valence-electron chi connectivity index (χ3n) is 3.53. The van der Waals surface area contributed by atoms with E-state index in [9.17, 15) is 13.2 Å². The van der Waals surface area contributed by atoms with Crippen molar-refractivity contribution < 1.29 is 17.9 Å². The van der Waals surface area contributed by atoms with Gasteiger partial charge in [0.2, 0.25) is 5.91 Å². The molecule has 1 amide bonds. The van der Waals surface area contributed by atoms with Gasteiger partial charge in [0.15, 0.2) is 9.84 Å². The number of carbonyl (C=O) groups is 1. The lowest BCUT2D eigenvalue weighted by Gasteiger charge is -2.07. The molecule has 0 bridgehead atoms. The Morgan fingerprint density at radius 3 is 2.61 bits per heavy atom. The van der Waals surface area contributed by atoms with Crippen LogP contribution in [0.2, 0.25) is 0 Å². The third-order valence-corrected chi connectivity index (χ3v) is 5.24. The lowest BCUT2D eigenvalue weighted by molar-refractivity contribution is -0.120. The van der Waals surface area contributed by atoms with Crippen LogP contribution in [0.25, 0.3) is 10.8 Å². The molecule has 2 aromatic rings. The van der Waals surface area contributed by atoms with Crippen molar-refractivity contribution in [1.29, 1.82) is 0 Å². The molecule has 0 saturated carbocycles. The van der Waals surface area contributed by atoms with Crippen molar-refractivity contribution in [3.8, 4) is 0 Å². The van der Waals surface area contributed by atoms with E-state index in [4.69, 9.17) is 4.74 Å². The molecule has 0 spiro atoms. The molecule has 2 rings (SSSR count). The highest BCUT2D eigenvalue weighted by Gasteiger charge is 2.16. The number of hydrogen-bond acceptors (Lipinski definition) is 4. The number of nitrogens with one attached hydrogen (secondary N) is 1. The van der Waals surface area contributed by atoms with Gasteiger partial charge in [-0.3, -0.25) is 4.79 Å². The van der Waals surface area contributed by atoms with Crippen LogP contribution < -0.4 is 5.32 Å². The van der Waals surface area contributed by atoms with Crippen LogP contribution in [-0.4, -0.2) is 40.3 Å². The van der Waals surface area contributed by atoms with Gasteiger partial charge in [-0.25, -0.2) is 8.42 Å². The first-order valence-corrected chi connectivity index (χ1v) is 9.15. The van der Waals surface area contributed by atoms with E-state index in [2.05, 4.69) is 5.32 Å². The summed E-state index contributed by atoms with van der Waals surface area (Å²) in [7, 11) is -1.87. The Kier molecular flexibility index (Phi) is 6.12. The zero-order valence-electron chi connectivity index (χ0n) is 13.1. The van der Waals surface area contributed by atoms with Gasteiger partial charge in [0.05, 0.1) is 10.6 Å². The predicted molar refractivity (Wildman–Crippen MR) is 90.1 cm³/mol. The smallest absolute Gasteiger partial charge is 0.221 e. The van der Waals surface area contributed by atoms with Gasteiger partial charge in [0.1, 0.15) is 0 Å². The summed E-state index contributed by atoms with van der Waals surface area (Å²) in [6.45, 7) is 1.05. The number of rotatable bonds is 8. The summed E-state index contributed by atoms with van der Waals surface area (Å²) in [5.74, 6) is -0.452. The maximum Gasteiger partial charge on any atom is 0.221 e. The fourth-order valence-corrected chi connectivity index (χ4v) is 3.51. The molecule has 0 atom stereocenters. The molecule has 6 heteroatoms. The molecule has 0 heterocycles. The molecule has 0 aliphatic heterocycles. The number of sulfone groups is 1. The molecule has 5 nitrogen and oxygen atoms in total. The van der Waals surface area contributed by atoms with E-state index in [1.54, 1.807) is 25.3 Å². The summed E-state index contributed by atoms with van der Waals surface area (Å²) < 4.78 is 29.6. The zero-order valence-corrected chi connectivity index (χ0v) is 13.9. The topological polar surface area (TPSA) is 72.5 Å². The summed E-state index contributed by atoms with van der Waals surface area (Å²) in [6, 6.07) is 12.6. The number of fused-ring (bicyclic) bond motifs is 1. The number of benzene rings is 2. The molecule has 0 unspecified atom stereocenters. The highest BCUT2D eigenvalue weighted by atomic mass is 32.2. The van der Waals surface area contributed by atoms with Crippen molar-refractivity contribution >= 4 is 26.5 Å². The minimum atomic E-state index is -3.47. The van der Waals surface area contributed by atoms with E-state index in [0.717, 1.165) is 10.8 Å². The Labute approximate surface area is 136 Å². The normalized spacial score (nSPS) is 11.5. The monoisotopic (exact) mass is 335 g/mol. The molecular weight excluding hydrogens is 314 g/mol. The summed E-state index contributed by atoms with van der Waals surface area (Å²) in [4.78, 5) is 11.9. The summed E-state index contributed by atoms with van der Waals surface area (Å²) in [5, 5.41) is 4.55. The first-order chi connectivity index (χ1) is 11.0. The van der Waals surface area contributed by atoms with Crippen molar-refractivity contribution in [2.45, 2.75) is 17.7 Å². The number of methoxy groups -OCH3 is 1. The summed E-state index contributed by atoms with van der Waals surface area (Å²) in [6.07, 6.45) is 0.668. The van der Waals surface area contributed by atoms with E-state index in [0.29, 0.717) is 19.6 Å². The molecule has 0 saturated heterocycles. The minimum absolute atomic E-state index is 0.0395. The van der Waals surface area contributed by atoms with Gasteiger partial charge >= 0.3 is 0 Å². The number of carbonyl (C=O) groups excluding carboxylic acids is 1. The number of amides is 1. The van der Waals surface area contributed by atoms with E-state index >= 15 is 0 Å². The predicted octanol–water partition coefficient (Wildman–Crippen LogP) is 2.16. The Balaban J connectivity index is 1.96. The second-order valence-electron chi connectivity index (χ2n) is 5.27. The minimum Gasteiger partial charge on any atom is -0.385 e. The van der Waals surface area contributed by atoms with Crippen molar-refractivity contribution in [2.24, 2.45) is 0 Å². The molecule has 0 radical (unpaired) electrons. The van der Waals surface area contributed by atoms with Crippen LogP contribution in [0.1, 0.15) is 12.8 Å². The third kappa shape index (κ3) is 5.04. The Morgan fingerprint density at radius 1 is 1.13 bits per heavy atom. The largest absolute Gasteiger partial charge is 0.385 e. The fourth-order valence-electron chi connectivity index (χ4n) is 2.24. The van der Waals surface area contributed by atoms with Crippen LogP contribution in [0.4, 0.5) is 0 Å². The van der Waals surface area contributed by atoms with Gasteiger partial charge in [-0.05, 0) is 29.3 Å². The molecule has 0 fully saturated rings. The van der Waals surface area contributed by atoms with Crippen LogP contribution in [0, 0.1) is 0 Å². The second kappa shape index (κ2) is 8.08. The van der Waals surface area contributed by atoms with E-state index in [-0.39, 0.29) is 23.0 Å². The Morgan fingerprint density at radius 2 is 1.87 bits per heavy atom. The lowest BCUT2D eigenvalue weighted by Crippen LogP contribution is -2.27. The molecule has 0 aromatic heterocycles. The molecule has 2 aromatic carbocycles. The van der Waals surface area contributed by atoms with Crippen molar-refractivity contribution in [1.82, 2.24) is 5.32 Å². The van der Waals surface area contributed by atoms with E-state index < -0.39 is 9.84 Å².